The molecule has 118 valence electrons. The van der Waals surface area contributed by atoms with Gasteiger partial charge in [0.2, 0.25) is 0 Å². The van der Waals surface area contributed by atoms with Crippen LogP contribution in [0.3, 0.4) is 0 Å². The fourth-order valence-electron chi connectivity index (χ4n) is 2.29. The van der Waals surface area contributed by atoms with Crippen LogP contribution in [-0.2, 0) is 0 Å². The van der Waals surface area contributed by atoms with E-state index in [1.54, 1.807) is 0 Å². The van der Waals surface area contributed by atoms with Crippen LogP contribution in [0.5, 0.6) is 0 Å². The summed E-state index contributed by atoms with van der Waals surface area (Å²) < 4.78 is 0. The van der Waals surface area contributed by atoms with Crippen molar-refractivity contribution in [2.45, 2.75) is 51.4 Å². The van der Waals surface area contributed by atoms with Crippen molar-refractivity contribution in [1.82, 2.24) is 9.97 Å². The van der Waals surface area contributed by atoms with Crippen LogP contribution in [0.4, 0.5) is 11.6 Å². The Bertz CT molecular complexity index is 421. The van der Waals surface area contributed by atoms with Crippen molar-refractivity contribution in [3.63, 3.8) is 0 Å². The second-order valence-corrected chi connectivity index (χ2v) is 6.62. The van der Waals surface area contributed by atoms with E-state index in [-0.39, 0.29) is 0 Å². The van der Waals surface area contributed by atoms with Crippen LogP contribution in [-0.4, -0.2) is 35.1 Å². The van der Waals surface area contributed by atoms with Gasteiger partial charge in [-0.25, -0.2) is 9.97 Å². The largest absolute Gasteiger partial charge is 0.370 e. The molecular weight excluding hydrogens is 280 g/mol. The second kappa shape index (κ2) is 9.13. The molecule has 1 aromatic heterocycles. The van der Waals surface area contributed by atoms with Gasteiger partial charge in [0.1, 0.15) is 17.5 Å². The van der Waals surface area contributed by atoms with E-state index >= 15 is 0 Å². The molecule has 0 radical (unpaired) electrons. The molecular formula is C16H28N4S. The normalized spacial score (nSPS) is 14.2. The van der Waals surface area contributed by atoms with E-state index in [1.807, 2.05) is 17.8 Å². The Morgan fingerprint density at radius 2 is 1.81 bits per heavy atom. The SMILES string of the molecule is CCNc1cc(NCCCCCCSC)nc(C2CC2)n1. The summed E-state index contributed by atoms with van der Waals surface area (Å²) in [4.78, 5) is 9.26. The van der Waals surface area contributed by atoms with E-state index in [0.29, 0.717) is 5.92 Å². The van der Waals surface area contributed by atoms with E-state index in [9.17, 15) is 0 Å². The van der Waals surface area contributed by atoms with Crippen molar-refractivity contribution in [2.24, 2.45) is 0 Å². The van der Waals surface area contributed by atoms with Gasteiger partial charge in [-0.1, -0.05) is 12.8 Å². The number of thioether (sulfide) groups is 1. The van der Waals surface area contributed by atoms with Crippen molar-refractivity contribution in [3.8, 4) is 0 Å². The Kier molecular flexibility index (Phi) is 7.13. The minimum absolute atomic E-state index is 0.593. The molecule has 4 nitrogen and oxygen atoms in total. The lowest BCUT2D eigenvalue weighted by Crippen LogP contribution is -2.08. The van der Waals surface area contributed by atoms with Crippen LogP contribution in [0, 0.1) is 0 Å². The summed E-state index contributed by atoms with van der Waals surface area (Å²) in [7, 11) is 0. The zero-order valence-electron chi connectivity index (χ0n) is 13.3. The number of nitrogens with zero attached hydrogens (tertiary/aromatic N) is 2. The molecule has 2 N–H and O–H groups in total. The maximum Gasteiger partial charge on any atom is 0.136 e. The lowest BCUT2D eigenvalue weighted by molar-refractivity contribution is 0.688. The minimum Gasteiger partial charge on any atom is -0.370 e. The molecule has 5 heteroatoms. The Morgan fingerprint density at radius 3 is 2.48 bits per heavy atom. The zero-order chi connectivity index (χ0) is 14.9. The summed E-state index contributed by atoms with van der Waals surface area (Å²) in [5.74, 6) is 4.83. The summed E-state index contributed by atoms with van der Waals surface area (Å²) in [6, 6.07) is 2.03. The fraction of sp³-hybridized carbons (Fsp3) is 0.750. The van der Waals surface area contributed by atoms with Crippen molar-refractivity contribution < 1.29 is 0 Å². The third-order valence-electron chi connectivity index (χ3n) is 3.63. The number of hydrogen-bond donors (Lipinski definition) is 2. The van der Waals surface area contributed by atoms with Crippen molar-refractivity contribution in [1.29, 1.82) is 0 Å². The quantitative estimate of drug-likeness (QED) is 0.602. The van der Waals surface area contributed by atoms with E-state index in [2.05, 4.69) is 33.8 Å². The number of hydrogen-bond acceptors (Lipinski definition) is 5. The van der Waals surface area contributed by atoms with Gasteiger partial charge < -0.3 is 10.6 Å². The molecule has 0 atom stereocenters. The molecule has 0 spiro atoms. The number of nitrogens with one attached hydrogen (secondary N) is 2. The third-order valence-corrected chi connectivity index (χ3v) is 4.32. The van der Waals surface area contributed by atoms with Crippen LogP contribution in [0.1, 0.15) is 57.2 Å². The van der Waals surface area contributed by atoms with Crippen LogP contribution in [0.2, 0.25) is 0 Å². The van der Waals surface area contributed by atoms with Gasteiger partial charge in [-0.15, -0.1) is 0 Å². The monoisotopic (exact) mass is 308 g/mol. The smallest absolute Gasteiger partial charge is 0.136 e. The average Bonchev–Trinajstić information content (AvgIpc) is 3.31. The van der Waals surface area contributed by atoms with Crippen LogP contribution < -0.4 is 10.6 Å². The second-order valence-electron chi connectivity index (χ2n) is 5.64. The number of anilines is 2. The maximum absolute atomic E-state index is 4.66. The molecule has 0 bridgehead atoms. The predicted molar refractivity (Wildman–Crippen MR) is 93.5 cm³/mol. The molecule has 0 unspecified atom stereocenters. The van der Waals surface area contributed by atoms with E-state index in [0.717, 1.165) is 30.5 Å². The summed E-state index contributed by atoms with van der Waals surface area (Å²) in [6.07, 6.45) is 9.85. The molecule has 1 aliphatic rings. The van der Waals surface area contributed by atoms with E-state index in [4.69, 9.17) is 0 Å². The van der Waals surface area contributed by atoms with Gasteiger partial charge in [-0.3, -0.25) is 0 Å². The first kappa shape index (κ1) is 16.4. The third kappa shape index (κ3) is 6.12. The van der Waals surface area contributed by atoms with Gasteiger partial charge in [-0.05, 0) is 44.6 Å². The Morgan fingerprint density at radius 1 is 1.10 bits per heavy atom. The molecule has 1 aliphatic carbocycles. The number of aromatic nitrogens is 2. The van der Waals surface area contributed by atoms with Gasteiger partial charge in [0.05, 0.1) is 0 Å². The van der Waals surface area contributed by atoms with Crippen molar-refractivity contribution in [3.05, 3.63) is 11.9 Å². The highest BCUT2D eigenvalue weighted by molar-refractivity contribution is 7.98. The summed E-state index contributed by atoms with van der Waals surface area (Å²) >= 11 is 1.94. The lowest BCUT2D eigenvalue weighted by atomic mass is 10.2. The highest BCUT2D eigenvalue weighted by atomic mass is 32.2. The molecule has 0 aliphatic heterocycles. The summed E-state index contributed by atoms with van der Waals surface area (Å²) in [6.45, 7) is 4.00. The number of unbranched alkanes of at least 4 members (excludes halogenated alkanes) is 3. The van der Waals surface area contributed by atoms with Gasteiger partial charge in [0, 0.05) is 25.1 Å². The predicted octanol–water partition coefficient (Wildman–Crippen LogP) is 4.12. The van der Waals surface area contributed by atoms with E-state index < -0.39 is 0 Å². The average molecular weight is 308 g/mol. The molecule has 0 saturated heterocycles. The molecule has 2 rings (SSSR count). The van der Waals surface area contributed by atoms with Gasteiger partial charge in [0.15, 0.2) is 0 Å². The van der Waals surface area contributed by atoms with Gasteiger partial charge in [0.25, 0.3) is 0 Å². The van der Waals surface area contributed by atoms with Crippen LogP contribution >= 0.6 is 11.8 Å². The Balaban J connectivity index is 1.76. The molecule has 0 aromatic carbocycles. The molecule has 1 heterocycles. The standard InChI is InChI=1S/C16H28N4S/c1-3-17-14-12-15(20-16(19-14)13-8-9-13)18-10-6-4-5-7-11-21-2/h12-13H,3-11H2,1-2H3,(H2,17,18,19,20). The van der Waals surface area contributed by atoms with Crippen LogP contribution in [0.15, 0.2) is 6.07 Å². The Hall–Kier alpha value is -0.970. The first-order valence-corrected chi connectivity index (χ1v) is 9.58. The molecule has 21 heavy (non-hydrogen) atoms. The molecule has 0 amide bonds. The first-order valence-electron chi connectivity index (χ1n) is 8.19. The Labute approximate surface area is 132 Å². The van der Waals surface area contributed by atoms with Gasteiger partial charge >= 0.3 is 0 Å². The molecule has 1 fully saturated rings. The minimum atomic E-state index is 0.593. The zero-order valence-corrected chi connectivity index (χ0v) is 14.1. The maximum atomic E-state index is 4.66. The van der Waals surface area contributed by atoms with Crippen molar-refractivity contribution in [2.75, 3.05) is 35.7 Å². The lowest BCUT2D eigenvalue weighted by Gasteiger charge is -2.10. The topological polar surface area (TPSA) is 49.8 Å². The molecule has 1 saturated carbocycles. The highest BCUT2D eigenvalue weighted by Crippen LogP contribution is 2.38. The van der Waals surface area contributed by atoms with E-state index in [1.165, 1.54) is 44.3 Å². The number of rotatable bonds is 11. The summed E-state index contributed by atoms with van der Waals surface area (Å²) in [5, 5.41) is 6.76. The highest BCUT2D eigenvalue weighted by Gasteiger charge is 2.27. The van der Waals surface area contributed by atoms with Gasteiger partial charge in [-0.2, -0.15) is 11.8 Å². The fourth-order valence-corrected chi connectivity index (χ4v) is 2.79. The van der Waals surface area contributed by atoms with Crippen LogP contribution in [0.25, 0.3) is 0 Å². The van der Waals surface area contributed by atoms with Crippen molar-refractivity contribution >= 4 is 23.4 Å². The summed E-state index contributed by atoms with van der Waals surface area (Å²) in [5.41, 5.74) is 0. The molecule has 1 aromatic rings. The first-order chi connectivity index (χ1) is 10.3.